The second-order valence-corrected chi connectivity index (χ2v) is 10.7. The Morgan fingerprint density at radius 2 is 1.63 bits per heavy atom. The fourth-order valence-electron chi connectivity index (χ4n) is 5.38. The fraction of sp³-hybridized carbons (Fsp3) is 0.188. The highest BCUT2D eigenvalue weighted by molar-refractivity contribution is 5.98. The van der Waals surface area contributed by atoms with Gasteiger partial charge in [-0.15, -0.1) is 5.10 Å². The van der Waals surface area contributed by atoms with E-state index >= 15 is 8.78 Å². The van der Waals surface area contributed by atoms with E-state index in [0.29, 0.717) is 41.5 Å². The molecule has 5 aromatic rings. The van der Waals surface area contributed by atoms with Gasteiger partial charge < -0.3 is 14.9 Å². The number of alkyl halides is 2. The largest absolute Gasteiger partial charge is 0.377 e. The maximum absolute atomic E-state index is 16.1. The van der Waals surface area contributed by atoms with Gasteiger partial charge in [0.25, 0.3) is 0 Å². The summed E-state index contributed by atoms with van der Waals surface area (Å²) in [7, 11) is 0. The monoisotopic (exact) mass is 628 g/mol. The van der Waals surface area contributed by atoms with Gasteiger partial charge in [-0.3, -0.25) is 9.78 Å². The van der Waals surface area contributed by atoms with Gasteiger partial charge in [0.2, 0.25) is 5.91 Å². The van der Waals surface area contributed by atoms with Crippen molar-refractivity contribution in [1.82, 2.24) is 25.2 Å². The molecule has 2 aromatic heterocycles. The zero-order chi connectivity index (χ0) is 32.5. The number of benzene rings is 3. The van der Waals surface area contributed by atoms with Gasteiger partial charge in [-0.25, -0.2) is 13.5 Å². The number of amides is 1. The van der Waals surface area contributed by atoms with Crippen LogP contribution in [0.4, 0.5) is 28.9 Å². The second kappa shape index (κ2) is 12.0. The zero-order valence-corrected chi connectivity index (χ0v) is 23.9. The van der Waals surface area contributed by atoms with Crippen molar-refractivity contribution in [1.29, 1.82) is 5.26 Å². The van der Waals surface area contributed by atoms with E-state index in [9.17, 15) is 18.7 Å². The lowest BCUT2D eigenvalue weighted by molar-refractivity contribution is -0.207. The van der Waals surface area contributed by atoms with E-state index in [4.69, 9.17) is 5.26 Å². The maximum atomic E-state index is 16.1. The van der Waals surface area contributed by atoms with Gasteiger partial charge in [0.1, 0.15) is 23.7 Å². The van der Waals surface area contributed by atoms with Crippen LogP contribution in [0.5, 0.6) is 0 Å². The number of hydrogen-bond donors (Lipinski definition) is 1. The van der Waals surface area contributed by atoms with Gasteiger partial charge in [-0.05, 0) is 70.6 Å². The Labute approximate surface area is 259 Å². The molecule has 1 unspecified atom stereocenters. The second-order valence-electron chi connectivity index (χ2n) is 10.7. The van der Waals surface area contributed by atoms with Crippen molar-refractivity contribution in [3.63, 3.8) is 0 Å². The molecule has 1 fully saturated rings. The van der Waals surface area contributed by atoms with Gasteiger partial charge in [0.15, 0.2) is 5.60 Å². The fourth-order valence-corrected chi connectivity index (χ4v) is 5.38. The number of nitrogens with zero attached hydrogens (tertiary/aromatic N) is 8. The Balaban J connectivity index is 1.20. The predicted molar refractivity (Wildman–Crippen MR) is 157 cm³/mol. The number of piperazine rings is 1. The van der Waals surface area contributed by atoms with Gasteiger partial charge in [0.05, 0.1) is 24.7 Å². The number of hydrogen-bond acceptors (Lipinski definition) is 8. The maximum Gasteiger partial charge on any atom is 0.323 e. The first kappa shape index (κ1) is 30.4. The SMILES string of the molecule is N#Cc1ccc(N2CCN(c3ccc(-c4ccc(C(F)(F)C(O)(Cn5cnnn5)c5ccc(F)cc5F)nc4)cc3)C(=O)C2)cc1. The molecule has 6 rings (SSSR count). The van der Waals surface area contributed by atoms with Crippen molar-refractivity contribution in [3.8, 4) is 17.2 Å². The predicted octanol–water partition coefficient (Wildman–Crippen LogP) is 4.42. The summed E-state index contributed by atoms with van der Waals surface area (Å²) < 4.78 is 61.3. The molecule has 10 nitrogen and oxygen atoms in total. The molecule has 1 aliphatic heterocycles. The Bertz CT molecular complexity index is 1900. The summed E-state index contributed by atoms with van der Waals surface area (Å²) >= 11 is 0. The lowest BCUT2D eigenvalue weighted by atomic mass is 9.84. The number of anilines is 2. The highest BCUT2D eigenvalue weighted by Crippen LogP contribution is 2.47. The average Bonchev–Trinajstić information content (AvgIpc) is 3.57. The van der Waals surface area contributed by atoms with E-state index in [1.54, 1.807) is 41.3 Å². The van der Waals surface area contributed by atoms with Crippen LogP contribution in [0.2, 0.25) is 0 Å². The number of carbonyl (C=O) groups excluding carboxylic acids is 1. The number of pyridine rings is 1. The quantitative estimate of drug-likeness (QED) is 0.251. The van der Waals surface area contributed by atoms with E-state index < -0.39 is 41.0 Å². The highest BCUT2D eigenvalue weighted by Gasteiger charge is 2.58. The summed E-state index contributed by atoms with van der Waals surface area (Å²) in [6.07, 6.45) is 2.17. The lowest BCUT2D eigenvalue weighted by Crippen LogP contribution is -2.50. The molecule has 0 bridgehead atoms. The van der Waals surface area contributed by atoms with Gasteiger partial charge >= 0.3 is 5.92 Å². The molecule has 1 amide bonds. The number of aromatic nitrogens is 5. The summed E-state index contributed by atoms with van der Waals surface area (Å²) in [5.41, 5.74) is -1.81. The highest BCUT2D eigenvalue weighted by atomic mass is 19.3. The minimum atomic E-state index is -4.18. The van der Waals surface area contributed by atoms with Crippen LogP contribution in [0.1, 0.15) is 16.8 Å². The number of nitriles is 1. The number of aliphatic hydroxyl groups is 1. The summed E-state index contributed by atoms with van der Waals surface area (Å²) in [4.78, 5) is 20.5. The van der Waals surface area contributed by atoms with Crippen LogP contribution in [0.25, 0.3) is 11.1 Å². The Hall–Kier alpha value is -5.68. The van der Waals surface area contributed by atoms with Crippen LogP contribution in [0.3, 0.4) is 0 Å². The lowest BCUT2D eigenvalue weighted by Gasteiger charge is -2.36. The standard InChI is InChI=1S/C32H24F4N8O2/c33-24-6-11-27(28(34)15-24)31(46,19-43-20-39-40-41-43)32(35,36)29-12-5-23(17-38-29)22-3-9-26(10-4-22)44-14-13-42(18-30(44)45)25-7-1-21(16-37)2-8-25/h1-12,15,17,20,46H,13-14,18-19H2. The molecule has 1 aliphatic rings. The van der Waals surface area contributed by atoms with E-state index in [1.165, 1.54) is 12.3 Å². The third-order valence-electron chi connectivity index (χ3n) is 7.86. The van der Waals surface area contributed by atoms with Crippen molar-refractivity contribution >= 4 is 17.3 Å². The first-order valence-corrected chi connectivity index (χ1v) is 14.0. The van der Waals surface area contributed by atoms with Crippen molar-refractivity contribution in [2.45, 2.75) is 18.1 Å². The molecule has 1 N–H and O–H groups in total. The first-order valence-electron chi connectivity index (χ1n) is 14.0. The Morgan fingerprint density at radius 1 is 0.913 bits per heavy atom. The average molecular weight is 629 g/mol. The van der Waals surface area contributed by atoms with Crippen LogP contribution in [-0.2, 0) is 22.9 Å². The molecule has 1 atom stereocenters. The van der Waals surface area contributed by atoms with Crippen molar-refractivity contribution in [2.24, 2.45) is 0 Å². The van der Waals surface area contributed by atoms with Crippen LogP contribution in [0, 0.1) is 23.0 Å². The van der Waals surface area contributed by atoms with E-state index in [2.05, 4.69) is 26.6 Å². The van der Waals surface area contributed by atoms with Crippen LogP contribution in [0.15, 0.2) is 91.4 Å². The molecule has 0 aliphatic carbocycles. The molecule has 1 saturated heterocycles. The zero-order valence-electron chi connectivity index (χ0n) is 23.9. The van der Waals surface area contributed by atoms with E-state index in [0.717, 1.165) is 34.9 Å². The van der Waals surface area contributed by atoms with Crippen LogP contribution >= 0.6 is 0 Å². The number of carbonyl (C=O) groups is 1. The number of rotatable bonds is 8. The van der Waals surface area contributed by atoms with Gasteiger partial charge in [0, 0.05) is 47.9 Å². The molecule has 0 radical (unpaired) electrons. The minimum absolute atomic E-state index is 0.108. The molecule has 0 spiro atoms. The van der Waals surface area contributed by atoms with E-state index in [1.807, 2.05) is 17.0 Å². The minimum Gasteiger partial charge on any atom is -0.377 e. The molecular weight excluding hydrogens is 604 g/mol. The summed E-state index contributed by atoms with van der Waals surface area (Å²) in [6, 6.07) is 20.4. The van der Waals surface area contributed by atoms with Crippen molar-refractivity contribution in [3.05, 3.63) is 120 Å². The summed E-state index contributed by atoms with van der Waals surface area (Å²) in [6.45, 7) is 0.224. The first-order chi connectivity index (χ1) is 22.1. The normalized spacial score (nSPS) is 15.0. The van der Waals surface area contributed by atoms with E-state index in [-0.39, 0.29) is 12.5 Å². The smallest absolute Gasteiger partial charge is 0.323 e. The Morgan fingerprint density at radius 3 is 2.24 bits per heavy atom. The van der Waals surface area contributed by atoms with Crippen molar-refractivity contribution in [2.75, 3.05) is 29.4 Å². The summed E-state index contributed by atoms with van der Waals surface area (Å²) in [5.74, 6) is -6.66. The van der Waals surface area contributed by atoms with Gasteiger partial charge in [-0.2, -0.15) is 14.0 Å². The molecule has 3 heterocycles. The molecule has 232 valence electrons. The van der Waals surface area contributed by atoms with Crippen LogP contribution in [-0.4, -0.2) is 55.8 Å². The third-order valence-corrected chi connectivity index (χ3v) is 7.86. The van der Waals surface area contributed by atoms with Crippen molar-refractivity contribution < 1.29 is 27.5 Å². The molecule has 46 heavy (non-hydrogen) atoms. The molecule has 14 heteroatoms. The van der Waals surface area contributed by atoms with Crippen LogP contribution < -0.4 is 9.80 Å². The molecular formula is C32H24F4N8O2. The molecule has 0 saturated carbocycles. The number of halogens is 4. The van der Waals surface area contributed by atoms with Gasteiger partial charge in [-0.1, -0.05) is 18.2 Å². The topological polar surface area (TPSA) is 124 Å². The number of tetrazole rings is 1. The Kier molecular flexibility index (Phi) is 7.93. The molecule has 3 aromatic carbocycles. The summed E-state index contributed by atoms with van der Waals surface area (Å²) in [5, 5.41) is 30.6. The third kappa shape index (κ3) is 5.64.